The average Bonchev–Trinajstić information content (AvgIpc) is 2.39. The number of aliphatic hydroxyl groups excluding tert-OH is 1. The maximum atomic E-state index is 9.32. The fraction of sp³-hybridized carbons (Fsp3) is 0.375. The first-order chi connectivity index (χ1) is 8.69. The Morgan fingerprint density at radius 3 is 2.78 bits per heavy atom. The molecule has 2 rings (SSSR count). The summed E-state index contributed by atoms with van der Waals surface area (Å²) in [6, 6.07) is 8.77. The van der Waals surface area contributed by atoms with Crippen molar-refractivity contribution in [3.63, 3.8) is 0 Å². The summed E-state index contributed by atoms with van der Waals surface area (Å²) in [4.78, 5) is 0. The number of dihydropyridines is 1. The highest BCUT2D eigenvalue weighted by molar-refractivity contribution is 5.29. The molecule has 18 heavy (non-hydrogen) atoms. The largest absolute Gasteiger partial charge is 0.370 e. The van der Waals surface area contributed by atoms with Gasteiger partial charge in [0.15, 0.2) is 0 Å². The Morgan fingerprint density at radius 1 is 1.33 bits per heavy atom. The molecule has 1 heterocycles. The molecule has 0 fully saturated rings. The van der Waals surface area contributed by atoms with Gasteiger partial charge in [0.25, 0.3) is 0 Å². The van der Waals surface area contributed by atoms with Crippen LogP contribution >= 0.6 is 0 Å². The number of aryl methyl sites for hydroxylation is 1. The first-order valence-electron chi connectivity index (χ1n) is 6.59. The van der Waals surface area contributed by atoms with Crippen LogP contribution in [0.3, 0.4) is 0 Å². The second-order valence-corrected chi connectivity index (χ2v) is 4.89. The maximum Gasteiger partial charge on any atom is 0.143 e. The zero-order chi connectivity index (χ0) is 13.0. The van der Waals surface area contributed by atoms with Crippen LogP contribution in [0.2, 0.25) is 0 Å². The molecule has 0 bridgehead atoms. The van der Waals surface area contributed by atoms with Gasteiger partial charge in [0.1, 0.15) is 6.23 Å². The molecule has 0 aliphatic carbocycles. The van der Waals surface area contributed by atoms with E-state index in [0.717, 1.165) is 12.8 Å². The highest BCUT2D eigenvalue weighted by atomic mass is 16.3. The molecule has 1 aliphatic heterocycles. The van der Waals surface area contributed by atoms with Crippen LogP contribution in [0.5, 0.6) is 0 Å². The van der Waals surface area contributed by atoms with Gasteiger partial charge in [0.05, 0.1) is 0 Å². The van der Waals surface area contributed by atoms with Crippen LogP contribution < -0.4 is 5.32 Å². The molecule has 2 nitrogen and oxygen atoms in total. The van der Waals surface area contributed by atoms with Gasteiger partial charge in [0.2, 0.25) is 0 Å². The van der Waals surface area contributed by atoms with Crippen molar-refractivity contribution in [2.24, 2.45) is 5.92 Å². The van der Waals surface area contributed by atoms with E-state index in [4.69, 9.17) is 0 Å². The van der Waals surface area contributed by atoms with Crippen LogP contribution in [0.25, 0.3) is 0 Å². The number of hydrogen-bond donors (Lipinski definition) is 2. The Morgan fingerprint density at radius 2 is 2.11 bits per heavy atom. The molecule has 1 aromatic carbocycles. The third-order valence-electron chi connectivity index (χ3n) is 3.40. The highest BCUT2D eigenvalue weighted by Crippen LogP contribution is 2.20. The Bertz CT molecular complexity index is 462. The Balaban J connectivity index is 2.02. The molecule has 0 aromatic heterocycles. The fourth-order valence-electron chi connectivity index (χ4n) is 2.24. The lowest BCUT2D eigenvalue weighted by atomic mass is 9.92. The lowest BCUT2D eigenvalue weighted by molar-refractivity contribution is 0.199. The lowest BCUT2D eigenvalue weighted by Crippen LogP contribution is -2.25. The molecule has 0 amide bonds. The predicted octanol–water partition coefficient (Wildman–Crippen LogP) is 2.79. The number of hydrogen-bond acceptors (Lipinski definition) is 2. The van der Waals surface area contributed by atoms with Crippen LogP contribution in [0, 0.1) is 5.92 Å². The fourth-order valence-corrected chi connectivity index (χ4v) is 2.24. The standard InChI is InChI=1S/C16H21NO/c1-3-13-5-4-6-14(10-13)9-12(2)15-7-8-16(18)17-11-15/h4-8,10-12,16-18H,3,9H2,1-2H3. The maximum absolute atomic E-state index is 9.32. The minimum atomic E-state index is -0.538. The van der Waals surface area contributed by atoms with E-state index in [-0.39, 0.29) is 0 Å². The second-order valence-electron chi connectivity index (χ2n) is 4.89. The number of nitrogens with one attached hydrogen (secondary N) is 1. The van der Waals surface area contributed by atoms with Crippen LogP contribution in [-0.4, -0.2) is 11.3 Å². The van der Waals surface area contributed by atoms with Crippen molar-refractivity contribution < 1.29 is 5.11 Å². The van der Waals surface area contributed by atoms with Gasteiger partial charge >= 0.3 is 0 Å². The molecule has 2 atom stereocenters. The molecule has 0 radical (unpaired) electrons. The van der Waals surface area contributed by atoms with E-state index in [9.17, 15) is 5.11 Å². The number of aliphatic hydroxyl groups is 1. The van der Waals surface area contributed by atoms with E-state index in [1.807, 2.05) is 12.3 Å². The first kappa shape index (κ1) is 12.9. The first-order valence-corrected chi connectivity index (χ1v) is 6.59. The summed E-state index contributed by atoms with van der Waals surface area (Å²) in [5.41, 5.74) is 4.01. The molecule has 96 valence electrons. The van der Waals surface area contributed by atoms with Gasteiger partial charge in [-0.15, -0.1) is 0 Å². The van der Waals surface area contributed by atoms with Gasteiger partial charge in [-0.05, 0) is 41.5 Å². The molecule has 1 aliphatic rings. The summed E-state index contributed by atoms with van der Waals surface area (Å²) in [7, 11) is 0. The summed E-state index contributed by atoms with van der Waals surface area (Å²) >= 11 is 0. The Hall–Kier alpha value is -1.54. The van der Waals surface area contributed by atoms with Gasteiger partial charge < -0.3 is 10.4 Å². The number of allylic oxidation sites excluding steroid dienone is 2. The monoisotopic (exact) mass is 243 g/mol. The SMILES string of the molecule is CCc1cccc(CC(C)C2=CNC(O)C=C2)c1. The van der Waals surface area contributed by atoms with Crippen molar-refractivity contribution in [1.82, 2.24) is 5.32 Å². The number of rotatable bonds is 4. The minimum Gasteiger partial charge on any atom is -0.370 e. The molecule has 1 aromatic rings. The second kappa shape index (κ2) is 5.87. The van der Waals surface area contributed by atoms with Crippen molar-refractivity contribution in [2.45, 2.75) is 32.9 Å². The van der Waals surface area contributed by atoms with Crippen molar-refractivity contribution in [1.29, 1.82) is 0 Å². The van der Waals surface area contributed by atoms with E-state index >= 15 is 0 Å². The van der Waals surface area contributed by atoms with E-state index in [0.29, 0.717) is 5.92 Å². The molecule has 0 spiro atoms. The van der Waals surface area contributed by atoms with Crippen molar-refractivity contribution in [3.8, 4) is 0 Å². The summed E-state index contributed by atoms with van der Waals surface area (Å²) < 4.78 is 0. The summed E-state index contributed by atoms with van der Waals surface area (Å²) in [6.45, 7) is 4.40. The topological polar surface area (TPSA) is 32.3 Å². The highest BCUT2D eigenvalue weighted by Gasteiger charge is 2.11. The van der Waals surface area contributed by atoms with Gasteiger partial charge in [0, 0.05) is 6.20 Å². The Labute approximate surface area is 109 Å². The predicted molar refractivity (Wildman–Crippen MR) is 75.1 cm³/mol. The summed E-state index contributed by atoms with van der Waals surface area (Å²) in [5.74, 6) is 0.452. The van der Waals surface area contributed by atoms with Gasteiger partial charge in [-0.2, -0.15) is 0 Å². The molecular weight excluding hydrogens is 222 g/mol. The van der Waals surface area contributed by atoms with Gasteiger partial charge in [-0.1, -0.05) is 44.2 Å². The normalized spacial score (nSPS) is 20.2. The lowest BCUT2D eigenvalue weighted by Gasteiger charge is -2.19. The third kappa shape index (κ3) is 3.23. The van der Waals surface area contributed by atoms with Crippen LogP contribution in [0.4, 0.5) is 0 Å². The average molecular weight is 243 g/mol. The van der Waals surface area contributed by atoms with Crippen molar-refractivity contribution in [2.75, 3.05) is 0 Å². The van der Waals surface area contributed by atoms with Crippen LogP contribution in [0.1, 0.15) is 25.0 Å². The smallest absolute Gasteiger partial charge is 0.143 e. The zero-order valence-corrected chi connectivity index (χ0v) is 11.1. The van der Waals surface area contributed by atoms with Gasteiger partial charge in [-0.25, -0.2) is 0 Å². The minimum absolute atomic E-state index is 0.452. The molecule has 2 heteroatoms. The van der Waals surface area contributed by atoms with E-state index in [1.54, 1.807) is 6.08 Å². The third-order valence-corrected chi connectivity index (χ3v) is 3.40. The molecule has 2 N–H and O–H groups in total. The molecular formula is C16H21NO. The quantitative estimate of drug-likeness (QED) is 0.852. The van der Waals surface area contributed by atoms with Crippen molar-refractivity contribution >= 4 is 0 Å². The van der Waals surface area contributed by atoms with Gasteiger partial charge in [-0.3, -0.25) is 0 Å². The van der Waals surface area contributed by atoms with Crippen LogP contribution in [0.15, 0.2) is 48.2 Å². The van der Waals surface area contributed by atoms with E-state index < -0.39 is 6.23 Å². The van der Waals surface area contributed by atoms with E-state index in [2.05, 4.69) is 43.4 Å². The molecule has 0 saturated heterocycles. The molecule has 0 saturated carbocycles. The number of benzene rings is 1. The van der Waals surface area contributed by atoms with E-state index in [1.165, 1.54) is 16.7 Å². The van der Waals surface area contributed by atoms with Crippen molar-refractivity contribution in [3.05, 3.63) is 59.3 Å². The Kier molecular flexibility index (Phi) is 4.21. The summed E-state index contributed by atoms with van der Waals surface area (Å²) in [5, 5.41) is 12.3. The molecule has 2 unspecified atom stereocenters. The van der Waals surface area contributed by atoms with Crippen LogP contribution in [-0.2, 0) is 12.8 Å². The summed E-state index contributed by atoms with van der Waals surface area (Å²) in [6.07, 6.45) is 7.28. The zero-order valence-electron chi connectivity index (χ0n) is 11.1.